The summed E-state index contributed by atoms with van der Waals surface area (Å²) in [5.74, 6) is 0.418. The van der Waals surface area contributed by atoms with Crippen molar-refractivity contribution in [1.82, 2.24) is 4.90 Å². The lowest BCUT2D eigenvalue weighted by atomic mass is 9.49. The molecule has 2 N–H and O–H groups in total. The average Bonchev–Trinajstić information content (AvgIpc) is 3.33. The second kappa shape index (κ2) is 7.30. The highest BCUT2D eigenvalue weighted by Gasteiger charge is 2.73. The van der Waals surface area contributed by atoms with Crippen molar-refractivity contribution in [3.63, 3.8) is 0 Å². The molecule has 1 aromatic carbocycles. The first-order chi connectivity index (χ1) is 16.4. The Bertz CT molecular complexity index is 1060. The van der Waals surface area contributed by atoms with Crippen LogP contribution < -0.4 is 4.74 Å². The molecule has 2 unspecified atom stereocenters. The van der Waals surface area contributed by atoms with Crippen LogP contribution in [0.5, 0.6) is 5.75 Å². The van der Waals surface area contributed by atoms with Crippen molar-refractivity contribution >= 4 is 11.8 Å². The van der Waals surface area contributed by atoms with E-state index < -0.39 is 29.0 Å². The van der Waals surface area contributed by atoms with E-state index in [9.17, 15) is 19.8 Å². The molecule has 1 spiro atoms. The molecule has 1 saturated heterocycles. The maximum atomic E-state index is 13.3. The summed E-state index contributed by atoms with van der Waals surface area (Å²) < 4.78 is 6.52. The van der Waals surface area contributed by atoms with E-state index in [2.05, 4.69) is 11.0 Å². The highest BCUT2D eigenvalue weighted by Crippen LogP contribution is 2.64. The van der Waals surface area contributed by atoms with Gasteiger partial charge in [-0.3, -0.25) is 14.5 Å². The van der Waals surface area contributed by atoms with Crippen molar-refractivity contribution in [1.29, 1.82) is 0 Å². The summed E-state index contributed by atoms with van der Waals surface area (Å²) in [5, 5.41) is 22.6. The molecule has 4 fully saturated rings. The molecular formula is C28H35NO5. The first-order valence-corrected chi connectivity index (χ1v) is 13.5. The number of Topliss-reactive ketones (excluding diaryl/α,β-unsaturated/α-hetero) is 1. The standard InChI is InChI=1S/C28H35NO5/c30-21-9-10-28(33)22-14-18-7-8-19(20(26(31)32)13-16-3-1-2-4-16)24-23(18)27(28,25(21)34-24)11-12-29(22)15-17-5-6-17/h7-8,16-17,20,22,25,33H,1-6,9-15H2,(H,31,32)/t20?,22?,25-,27-,28+/m0/s1. The lowest BCUT2D eigenvalue weighted by Crippen LogP contribution is -2.76. The molecule has 4 aliphatic carbocycles. The molecule has 1 aromatic rings. The number of rotatable bonds is 6. The van der Waals surface area contributed by atoms with E-state index in [-0.39, 0.29) is 11.8 Å². The molecule has 3 saturated carbocycles. The summed E-state index contributed by atoms with van der Waals surface area (Å²) in [7, 11) is 0. The number of hydrogen-bond donors (Lipinski definition) is 2. The van der Waals surface area contributed by atoms with Gasteiger partial charge in [0.15, 0.2) is 11.9 Å². The molecule has 7 rings (SSSR count). The Kier molecular flexibility index (Phi) is 4.59. The number of nitrogens with zero attached hydrogens (tertiary/aromatic N) is 1. The number of ether oxygens (including phenoxy) is 1. The van der Waals surface area contributed by atoms with Gasteiger partial charge in [-0.05, 0) is 62.5 Å². The minimum atomic E-state index is -1.00. The lowest BCUT2D eigenvalue weighted by Gasteiger charge is -2.62. The van der Waals surface area contributed by atoms with E-state index in [1.807, 2.05) is 6.07 Å². The predicted molar refractivity (Wildman–Crippen MR) is 125 cm³/mol. The van der Waals surface area contributed by atoms with Crippen LogP contribution in [0.15, 0.2) is 12.1 Å². The van der Waals surface area contributed by atoms with Gasteiger partial charge < -0.3 is 14.9 Å². The molecule has 0 aromatic heterocycles. The zero-order valence-corrected chi connectivity index (χ0v) is 19.8. The van der Waals surface area contributed by atoms with Gasteiger partial charge in [0, 0.05) is 30.1 Å². The molecule has 2 heterocycles. The Hall–Kier alpha value is -1.92. The highest BCUT2D eigenvalue weighted by atomic mass is 16.5. The van der Waals surface area contributed by atoms with Crippen LogP contribution in [0, 0.1) is 11.8 Å². The van der Waals surface area contributed by atoms with Crippen LogP contribution in [0.1, 0.15) is 86.8 Å². The van der Waals surface area contributed by atoms with Crippen LogP contribution in [0.25, 0.3) is 0 Å². The fourth-order valence-electron chi connectivity index (χ4n) is 8.51. The Labute approximate surface area is 200 Å². The third-order valence-electron chi connectivity index (χ3n) is 10.3. The fraction of sp³-hybridized carbons (Fsp3) is 0.714. The maximum Gasteiger partial charge on any atom is 0.311 e. The van der Waals surface area contributed by atoms with Crippen molar-refractivity contribution in [3.8, 4) is 5.75 Å². The van der Waals surface area contributed by atoms with Gasteiger partial charge in [-0.1, -0.05) is 37.8 Å². The van der Waals surface area contributed by atoms with E-state index in [0.29, 0.717) is 37.4 Å². The number of carbonyl (C=O) groups excluding carboxylic acids is 1. The number of aliphatic carboxylic acids is 1. The van der Waals surface area contributed by atoms with E-state index in [4.69, 9.17) is 4.74 Å². The van der Waals surface area contributed by atoms with Crippen molar-refractivity contribution in [2.75, 3.05) is 13.1 Å². The number of piperidine rings is 1. The van der Waals surface area contributed by atoms with Crippen molar-refractivity contribution in [2.45, 2.75) is 99.7 Å². The third kappa shape index (κ3) is 2.76. The van der Waals surface area contributed by atoms with E-state index >= 15 is 0 Å². The molecule has 0 radical (unpaired) electrons. The van der Waals surface area contributed by atoms with Crippen LogP contribution >= 0.6 is 0 Å². The van der Waals surface area contributed by atoms with Crippen LogP contribution in [-0.4, -0.2) is 57.7 Å². The molecule has 2 aliphatic heterocycles. The monoisotopic (exact) mass is 465 g/mol. The molecule has 182 valence electrons. The molecule has 34 heavy (non-hydrogen) atoms. The highest BCUT2D eigenvalue weighted by molar-refractivity contribution is 5.90. The number of likely N-dealkylation sites (tertiary alicyclic amines) is 1. The SMILES string of the molecule is O=C(O)C(CC1CCCC1)c1ccc2c3c1O[C@H]1C(=O)CC[C@@]4(O)C(C2)N(CC2CC2)CC[C@]314. The lowest BCUT2D eigenvalue weighted by molar-refractivity contribution is -0.188. The number of ketones is 1. The minimum Gasteiger partial charge on any atom is -0.481 e. The molecule has 6 aliphatic rings. The first kappa shape index (κ1) is 21.4. The summed E-state index contributed by atoms with van der Waals surface area (Å²) in [6.45, 7) is 1.90. The largest absolute Gasteiger partial charge is 0.481 e. The number of carboxylic acids is 1. The second-order valence-electron chi connectivity index (χ2n) is 12.1. The van der Waals surface area contributed by atoms with Crippen molar-refractivity contribution < 1.29 is 24.5 Å². The van der Waals surface area contributed by atoms with Gasteiger partial charge in [-0.2, -0.15) is 0 Å². The van der Waals surface area contributed by atoms with Crippen molar-refractivity contribution in [3.05, 3.63) is 28.8 Å². The van der Waals surface area contributed by atoms with Gasteiger partial charge in [0.05, 0.1) is 16.9 Å². The third-order valence-corrected chi connectivity index (χ3v) is 10.3. The normalized spacial score (nSPS) is 37.4. The van der Waals surface area contributed by atoms with Crippen LogP contribution in [-0.2, 0) is 21.4 Å². The number of hydrogen-bond acceptors (Lipinski definition) is 5. The van der Waals surface area contributed by atoms with Gasteiger partial charge in [0.1, 0.15) is 5.75 Å². The van der Waals surface area contributed by atoms with Gasteiger partial charge in [-0.15, -0.1) is 0 Å². The van der Waals surface area contributed by atoms with Crippen molar-refractivity contribution in [2.24, 2.45) is 11.8 Å². The van der Waals surface area contributed by atoms with E-state index in [1.54, 1.807) is 0 Å². The number of carbonyl (C=O) groups is 2. The van der Waals surface area contributed by atoms with E-state index in [1.165, 1.54) is 25.7 Å². The van der Waals surface area contributed by atoms with Gasteiger partial charge >= 0.3 is 5.97 Å². The zero-order chi connectivity index (χ0) is 23.2. The Morgan fingerprint density at radius 1 is 1.15 bits per heavy atom. The Morgan fingerprint density at radius 3 is 2.68 bits per heavy atom. The minimum absolute atomic E-state index is 0.000825. The molecule has 0 amide bonds. The fourth-order valence-corrected chi connectivity index (χ4v) is 8.51. The van der Waals surface area contributed by atoms with E-state index in [0.717, 1.165) is 55.0 Å². The molecule has 2 bridgehead atoms. The quantitative estimate of drug-likeness (QED) is 0.668. The topological polar surface area (TPSA) is 87.1 Å². The number of carboxylic acid groups (broad SMARTS) is 1. The molecule has 5 atom stereocenters. The summed E-state index contributed by atoms with van der Waals surface area (Å²) >= 11 is 0. The Balaban J connectivity index is 1.36. The summed E-state index contributed by atoms with van der Waals surface area (Å²) in [6.07, 6.45) is 9.29. The summed E-state index contributed by atoms with van der Waals surface area (Å²) in [4.78, 5) is 28.2. The van der Waals surface area contributed by atoms with Gasteiger partial charge in [0.25, 0.3) is 0 Å². The number of aliphatic hydroxyl groups is 1. The molecule has 6 nitrogen and oxygen atoms in total. The summed E-state index contributed by atoms with van der Waals surface area (Å²) in [6, 6.07) is 4.06. The van der Waals surface area contributed by atoms with Gasteiger partial charge in [0.2, 0.25) is 0 Å². The maximum absolute atomic E-state index is 13.3. The molecule has 6 heteroatoms. The van der Waals surface area contributed by atoms with Crippen LogP contribution in [0.4, 0.5) is 0 Å². The zero-order valence-electron chi connectivity index (χ0n) is 19.8. The Morgan fingerprint density at radius 2 is 1.94 bits per heavy atom. The van der Waals surface area contributed by atoms with Crippen LogP contribution in [0.3, 0.4) is 0 Å². The van der Waals surface area contributed by atoms with Gasteiger partial charge in [-0.25, -0.2) is 0 Å². The summed E-state index contributed by atoms with van der Waals surface area (Å²) in [5.41, 5.74) is 1.11. The first-order valence-electron chi connectivity index (χ1n) is 13.5. The average molecular weight is 466 g/mol. The predicted octanol–water partition coefficient (Wildman–Crippen LogP) is 3.57. The number of benzene rings is 1. The molecular weight excluding hydrogens is 430 g/mol. The van der Waals surface area contributed by atoms with Crippen LogP contribution in [0.2, 0.25) is 0 Å². The smallest absolute Gasteiger partial charge is 0.311 e. The second-order valence-corrected chi connectivity index (χ2v) is 12.1.